The van der Waals surface area contributed by atoms with Gasteiger partial charge >= 0.3 is 0 Å². The average Bonchev–Trinajstić information content (AvgIpc) is 3.18. The van der Waals surface area contributed by atoms with E-state index in [2.05, 4.69) is 37.8 Å². The highest BCUT2D eigenvalue weighted by Gasteiger charge is 2.01. The van der Waals surface area contributed by atoms with Crippen LogP contribution in [0.2, 0.25) is 0 Å². The number of aliphatic imine (C=N–C) groups is 1. The van der Waals surface area contributed by atoms with Gasteiger partial charge in [0.15, 0.2) is 5.96 Å². The first kappa shape index (κ1) is 18.9. The third kappa shape index (κ3) is 5.56. The predicted octanol–water partition coefficient (Wildman–Crippen LogP) is 2.75. The van der Waals surface area contributed by atoms with Gasteiger partial charge in [0, 0.05) is 32.2 Å². The number of hydrogen-bond donors (Lipinski definition) is 2. The summed E-state index contributed by atoms with van der Waals surface area (Å²) in [4.78, 5) is 8.51. The summed E-state index contributed by atoms with van der Waals surface area (Å²) >= 11 is 0. The standard InChI is InChI=1S/C18H20N6.HI/c1-19-18(22-14-16-5-2-3-10-20-16)21-13-15-6-8-17(9-7-15)24-12-4-11-23-24;/h2-12H,13-14H2,1H3,(H2,19,21,22);1H. The van der Waals surface area contributed by atoms with Gasteiger partial charge in [0.25, 0.3) is 0 Å². The molecule has 0 atom stereocenters. The maximum absolute atomic E-state index is 4.28. The van der Waals surface area contributed by atoms with Gasteiger partial charge in [-0.05, 0) is 35.9 Å². The van der Waals surface area contributed by atoms with Crippen LogP contribution >= 0.6 is 24.0 Å². The van der Waals surface area contributed by atoms with Crippen LogP contribution in [0, 0.1) is 0 Å². The van der Waals surface area contributed by atoms with Gasteiger partial charge in [-0.1, -0.05) is 18.2 Å². The van der Waals surface area contributed by atoms with Crippen molar-refractivity contribution >= 4 is 29.9 Å². The zero-order valence-electron chi connectivity index (χ0n) is 14.0. The molecule has 0 aliphatic heterocycles. The number of nitrogens with one attached hydrogen (secondary N) is 2. The maximum atomic E-state index is 4.28. The lowest BCUT2D eigenvalue weighted by molar-refractivity contribution is 0.793. The highest BCUT2D eigenvalue weighted by molar-refractivity contribution is 14.0. The predicted molar refractivity (Wildman–Crippen MR) is 110 cm³/mol. The molecule has 0 saturated heterocycles. The highest BCUT2D eigenvalue weighted by atomic mass is 127. The summed E-state index contributed by atoms with van der Waals surface area (Å²) in [5.74, 6) is 0.747. The fraction of sp³-hybridized carbons (Fsp3) is 0.167. The number of nitrogens with zero attached hydrogens (tertiary/aromatic N) is 4. The first-order valence-electron chi connectivity index (χ1n) is 7.78. The Morgan fingerprint density at radius 1 is 1.00 bits per heavy atom. The van der Waals surface area contributed by atoms with E-state index >= 15 is 0 Å². The normalized spacial score (nSPS) is 10.8. The van der Waals surface area contributed by atoms with Crippen molar-refractivity contribution in [2.75, 3.05) is 7.05 Å². The summed E-state index contributed by atoms with van der Waals surface area (Å²) in [7, 11) is 1.76. The minimum absolute atomic E-state index is 0. The molecule has 0 amide bonds. The smallest absolute Gasteiger partial charge is 0.191 e. The summed E-state index contributed by atoms with van der Waals surface area (Å²) < 4.78 is 1.84. The summed E-state index contributed by atoms with van der Waals surface area (Å²) in [5.41, 5.74) is 3.19. The van der Waals surface area contributed by atoms with Crippen LogP contribution in [0.1, 0.15) is 11.3 Å². The molecule has 0 spiro atoms. The molecule has 0 bridgehead atoms. The van der Waals surface area contributed by atoms with Gasteiger partial charge in [0.1, 0.15) is 0 Å². The third-order valence-electron chi connectivity index (χ3n) is 3.55. The van der Waals surface area contributed by atoms with Crippen LogP contribution in [0.25, 0.3) is 5.69 Å². The molecule has 130 valence electrons. The Morgan fingerprint density at radius 2 is 1.80 bits per heavy atom. The Bertz CT molecular complexity index is 769. The molecule has 0 aliphatic carbocycles. The molecule has 2 N–H and O–H groups in total. The quantitative estimate of drug-likeness (QED) is 0.358. The number of pyridine rings is 1. The molecule has 0 aliphatic rings. The van der Waals surface area contributed by atoms with Crippen molar-refractivity contribution in [2.24, 2.45) is 4.99 Å². The Hall–Kier alpha value is -2.42. The molecule has 2 aromatic heterocycles. The minimum Gasteiger partial charge on any atom is -0.352 e. The van der Waals surface area contributed by atoms with Crippen molar-refractivity contribution < 1.29 is 0 Å². The van der Waals surface area contributed by atoms with Crippen molar-refractivity contribution in [1.82, 2.24) is 25.4 Å². The molecule has 1 aromatic carbocycles. The molecule has 3 aromatic rings. The van der Waals surface area contributed by atoms with Gasteiger partial charge in [0.05, 0.1) is 17.9 Å². The van der Waals surface area contributed by atoms with Gasteiger partial charge in [-0.25, -0.2) is 4.68 Å². The first-order valence-corrected chi connectivity index (χ1v) is 7.78. The van der Waals surface area contributed by atoms with Gasteiger partial charge in [-0.3, -0.25) is 9.98 Å². The summed E-state index contributed by atoms with van der Waals surface area (Å²) in [6, 6.07) is 16.0. The van der Waals surface area contributed by atoms with E-state index in [4.69, 9.17) is 0 Å². The summed E-state index contributed by atoms with van der Waals surface area (Å²) in [6.07, 6.45) is 5.48. The molecule has 0 saturated carbocycles. The Kier molecular flexibility index (Phi) is 7.39. The third-order valence-corrected chi connectivity index (χ3v) is 3.55. The van der Waals surface area contributed by atoms with E-state index in [0.29, 0.717) is 13.1 Å². The molecular weight excluding hydrogens is 427 g/mol. The summed E-state index contributed by atoms with van der Waals surface area (Å²) in [6.45, 7) is 1.33. The molecule has 6 nitrogen and oxygen atoms in total. The Balaban J connectivity index is 0.00000225. The second-order valence-corrected chi connectivity index (χ2v) is 5.22. The van der Waals surface area contributed by atoms with Gasteiger partial charge in [0.2, 0.25) is 0 Å². The van der Waals surface area contributed by atoms with E-state index in [1.807, 2.05) is 47.3 Å². The molecule has 25 heavy (non-hydrogen) atoms. The van der Waals surface area contributed by atoms with Gasteiger partial charge in [-0.15, -0.1) is 24.0 Å². The average molecular weight is 448 g/mol. The van der Waals surface area contributed by atoms with E-state index in [-0.39, 0.29) is 24.0 Å². The largest absolute Gasteiger partial charge is 0.352 e. The first-order chi connectivity index (χ1) is 11.8. The van der Waals surface area contributed by atoms with Gasteiger partial charge in [-0.2, -0.15) is 5.10 Å². The molecule has 0 unspecified atom stereocenters. The fourth-order valence-electron chi connectivity index (χ4n) is 2.27. The SMILES string of the molecule is CN=C(NCc1ccc(-n2cccn2)cc1)NCc1ccccn1.I. The lowest BCUT2D eigenvalue weighted by Crippen LogP contribution is -2.36. The fourth-order valence-corrected chi connectivity index (χ4v) is 2.27. The highest BCUT2D eigenvalue weighted by Crippen LogP contribution is 2.08. The zero-order chi connectivity index (χ0) is 16.6. The second-order valence-electron chi connectivity index (χ2n) is 5.22. The zero-order valence-corrected chi connectivity index (χ0v) is 16.3. The molecule has 0 radical (unpaired) electrons. The molecule has 3 rings (SSSR count). The van der Waals surface area contributed by atoms with Crippen LogP contribution < -0.4 is 10.6 Å². The van der Waals surface area contributed by atoms with E-state index < -0.39 is 0 Å². The van der Waals surface area contributed by atoms with E-state index in [1.54, 1.807) is 19.4 Å². The molecule has 7 heteroatoms. The van der Waals surface area contributed by atoms with Crippen LogP contribution in [0.3, 0.4) is 0 Å². The number of halogens is 1. The van der Waals surface area contributed by atoms with Crippen LogP contribution in [0.15, 0.2) is 72.1 Å². The van der Waals surface area contributed by atoms with E-state index in [1.165, 1.54) is 5.56 Å². The second kappa shape index (κ2) is 9.77. The van der Waals surface area contributed by atoms with Crippen LogP contribution in [-0.4, -0.2) is 27.8 Å². The minimum atomic E-state index is 0. The van der Waals surface area contributed by atoms with Crippen LogP contribution in [-0.2, 0) is 13.1 Å². The number of hydrogen-bond acceptors (Lipinski definition) is 3. The number of rotatable bonds is 5. The van der Waals surface area contributed by atoms with Crippen molar-refractivity contribution in [3.63, 3.8) is 0 Å². The van der Waals surface area contributed by atoms with Crippen LogP contribution in [0.4, 0.5) is 0 Å². The monoisotopic (exact) mass is 448 g/mol. The molecule has 2 heterocycles. The number of aromatic nitrogens is 3. The van der Waals surface area contributed by atoms with Crippen molar-refractivity contribution in [2.45, 2.75) is 13.1 Å². The van der Waals surface area contributed by atoms with E-state index in [0.717, 1.165) is 17.3 Å². The van der Waals surface area contributed by atoms with Crippen LogP contribution in [0.5, 0.6) is 0 Å². The lowest BCUT2D eigenvalue weighted by atomic mass is 10.2. The number of guanidine groups is 1. The lowest BCUT2D eigenvalue weighted by Gasteiger charge is -2.12. The molecular formula is C18H21IN6. The maximum Gasteiger partial charge on any atom is 0.191 e. The van der Waals surface area contributed by atoms with Crippen molar-refractivity contribution in [1.29, 1.82) is 0 Å². The van der Waals surface area contributed by atoms with Crippen molar-refractivity contribution in [3.8, 4) is 5.69 Å². The van der Waals surface area contributed by atoms with E-state index in [9.17, 15) is 0 Å². The Morgan fingerprint density at radius 3 is 2.44 bits per heavy atom. The Labute approximate surface area is 164 Å². The number of benzene rings is 1. The topological polar surface area (TPSA) is 67.1 Å². The molecule has 0 fully saturated rings. The summed E-state index contributed by atoms with van der Waals surface area (Å²) in [5, 5.41) is 10.8. The van der Waals surface area contributed by atoms with Crippen molar-refractivity contribution in [3.05, 3.63) is 78.4 Å². The van der Waals surface area contributed by atoms with Gasteiger partial charge < -0.3 is 10.6 Å².